The van der Waals surface area contributed by atoms with Crippen LogP contribution >= 0.6 is 0 Å². The minimum absolute atomic E-state index is 0.000556. The molecule has 5 nitrogen and oxygen atoms in total. The van der Waals surface area contributed by atoms with Crippen molar-refractivity contribution in [1.82, 2.24) is 0 Å². The summed E-state index contributed by atoms with van der Waals surface area (Å²) in [7, 11) is -4.29. The third kappa shape index (κ3) is 1.80. The average Bonchev–Trinajstić information content (AvgIpc) is 2.14. The SMILES string of the molecule is Nc1ccc2cc(S(=O)(=O)O)c(N)cc2c1. The third-order valence-corrected chi connectivity index (χ3v) is 3.18. The van der Waals surface area contributed by atoms with Crippen LogP contribution in [0.1, 0.15) is 0 Å². The number of hydrogen-bond acceptors (Lipinski definition) is 4. The minimum Gasteiger partial charge on any atom is -0.399 e. The first-order valence-electron chi connectivity index (χ1n) is 4.44. The largest absolute Gasteiger partial charge is 0.399 e. The van der Waals surface area contributed by atoms with E-state index >= 15 is 0 Å². The lowest BCUT2D eigenvalue weighted by atomic mass is 10.1. The summed E-state index contributed by atoms with van der Waals surface area (Å²) in [5, 5.41) is 1.38. The molecule has 0 saturated heterocycles. The van der Waals surface area contributed by atoms with Gasteiger partial charge >= 0.3 is 0 Å². The Kier molecular flexibility index (Phi) is 2.25. The number of rotatable bonds is 1. The molecule has 2 aromatic carbocycles. The van der Waals surface area contributed by atoms with Crippen molar-refractivity contribution in [3.63, 3.8) is 0 Å². The fourth-order valence-electron chi connectivity index (χ4n) is 1.54. The van der Waals surface area contributed by atoms with Crippen LogP contribution in [0, 0.1) is 0 Å². The van der Waals surface area contributed by atoms with Gasteiger partial charge in [-0.15, -0.1) is 0 Å². The second kappa shape index (κ2) is 3.36. The maximum Gasteiger partial charge on any atom is 0.296 e. The Bertz CT molecular complexity index is 665. The smallest absolute Gasteiger partial charge is 0.296 e. The predicted octanol–water partition coefficient (Wildman–Crippen LogP) is 1.25. The van der Waals surface area contributed by atoms with E-state index in [1.165, 1.54) is 12.1 Å². The molecule has 0 fully saturated rings. The summed E-state index contributed by atoms with van der Waals surface area (Å²) in [6, 6.07) is 7.78. The van der Waals surface area contributed by atoms with Crippen LogP contribution in [0.4, 0.5) is 11.4 Å². The second-order valence-electron chi connectivity index (χ2n) is 3.47. The van der Waals surface area contributed by atoms with Crippen molar-refractivity contribution in [2.45, 2.75) is 4.90 Å². The number of hydrogen-bond donors (Lipinski definition) is 3. The normalized spacial score (nSPS) is 11.8. The van der Waals surface area contributed by atoms with Gasteiger partial charge in [-0.1, -0.05) is 6.07 Å². The molecule has 0 unspecified atom stereocenters. The highest BCUT2D eigenvalue weighted by Gasteiger charge is 2.14. The zero-order valence-electron chi connectivity index (χ0n) is 8.21. The van der Waals surface area contributed by atoms with E-state index in [0.29, 0.717) is 11.1 Å². The van der Waals surface area contributed by atoms with Gasteiger partial charge < -0.3 is 11.5 Å². The molecule has 0 aromatic heterocycles. The van der Waals surface area contributed by atoms with Crippen molar-refractivity contribution in [2.24, 2.45) is 0 Å². The van der Waals surface area contributed by atoms with E-state index in [9.17, 15) is 8.42 Å². The van der Waals surface area contributed by atoms with E-state index in [1.54, 1.807) is 18.2 Å². The van der Waals surface area contributed by atoms with Crippen molar-refractivity contribution in [3.8, 4) is 0 Å². The molecular weight excluding hydrogens is 228 g/mol. The molecule has 16 heavy (non-hydrogen) atoms. The maximum absolute atomic E-state index is 11.0. The monoisotopic (exact) mass is 238 g/mol. The zero-order valence-corrected chi connectivity index (χ0v) is 9.03. The van der Waals surface area contributed by atoms with E-state index in [-0.39, 0.29) is 10.6 Å². The van der Waals surface area contributed by atoms with Crippen molar-refractivity contribution < 1.29 is 13.0 Å². The van der Waals surface area contributed by atoms with Crippen LogP contribution < -0.4 is 11.5 Å². The van der Waals surface area contributed by atoms with Gasteiger partial charge in [-0.3, -0.25) is 4.55 Å². The molecule has 0 amide bonds. The highest BCUT2D eigenvalue weighted by molar-refractivity contribution is 7.86. The third-order valence-electron chi connectivity index (χ3n) is 2.27. The van der Waals surface area contributed by atoms with Crippen molar-refractivity contribution in [2.75, 3.05) is 11.5 Å². The number of fused-ring (bicyclic) bond motifs is 1. The quantitative estimate of drug-likeness (QED) is 0.512. The van der Waals surface area contributed by atoms with E-state index in [1.807, 2.05) is 0 Å². The Morgan fingerprint density at radius 2 is 1.69 bits per heavy atom. The summed E-state index contributed by atoms with van der Waals surface area (Å²) >= 11 is 0. The topological polar surface area (TPSA) is 106 Å². The molecule has 6 heteroatoms. The molecule has 0 aliphatic carbocycles. The fraction of sp³-hybridized carbons (Fsp3) is 0. The van der Waals surface area contributed by atoms with Gasteiger partial charge in [-0.05, 0) is 35.0 Å². The van der Waals surface area contributed by atoms with Gasteiger partial charge in [-0.2, -0.15) is 8.42 Å². The van der Waals surface area contributed by atoms with Gasteiger partial charge in [0, 0.05) is 5.69 Å². The lowest BCUT2D eigenvalue weighted by molar-refractivity contribution is 0.484. The molecule has 2 rings (SSSR count). The van der Waals surface area contributed by atoms with E-state index < -0.39 is 10.1 Å². The van der Waals surface area contributed by atoms with Gasteiger partial charge in [-0.25, -0.2) is 0 Å². The molecule has 84 valence electrons. The molecule has 5 N–H and O–H groups in total. The molecule has 0 spiro atoms. The van der Waals surface area contributed by atoms with Crippen LogP contribution in [-0.2, 0) is 10.1 Å². The fourth-order valence-corrected chi connectivity index (χ4v) is 2.17. The van der Waals surface area contributed by atoms with Crippen molar-refractivity contribution in [3.05, 3.63) is 30.3 Å². The van der Waals surface area contributed by atoms with Crippen LogP contribution in [0.15, 0.2) is 35.2 Å². The minimum atomic E-state index is -4.29. The first-order valence-corrected chi connectivity index (χ1v) is 5.88. The molecule has 0 aliphatic heterocycles. The Morgan fingerprint density at radius 3 is 2.31 bits per heavy atom. The van der Waals surface area contributed by atoms with Crippen LogP contribution in [-0.4, -0.2) is 13.0 Å². The lowest BCUT2D eigenvalue weighted by Crippen LogP contribution is -2.03. The number of nitrogen functional groups attached to an aromatic ring is 2. The molecule has 0 bridgehead atoms. The Labute approximate surface area is 92.4 Å². The number of nitrogens with two attached hydrogens (primary N) is 2. The zero-order chi connectivity index (χ0) is 11.9. The first-order chi connectivity index (χ1) is 7.38. The summed E-state index contributed by atoms with van der Waals surface area (Å²) in [5.41, 5.74) is 11.7. The summed E-state index contributed by atoms with van der Waals surface area (Å²) < 4.78 is 31.0. The van der Waals surface area contributed by atoms with E-state index in [2.05, 4.69) is 0 Å². The predicted molar refractivity (Wildman–Crippen MR) is 62.6 cm³/mol. The number of anilines is 2. The molecule has 0 saturated carbocycles. The Balaban J connectivity index is 2.83. The standard InChI is InChI=1S/C10H10N2O3S/c11-8-2-1-6-5-10(16(13,14)15)9(12)4-7(6)3-8/h1-5H,11-12H2,(H,13,14,15). The van der Waals surface area contributed by atoms with Crippen molar-refractivity contribution >= 4 is 32.3 Å². The molecular formula is C10H10N2O3S. The molecule has 0 aliphatic rings. The van der Waals surface area contributed by atoms with Crippen LogP contribution in [0.3, 0.4) is 0 Å². The van der Waals surface area contributed by atoms with E-state index in [0.717, 1.165) is 5.39 Å². The highest BCUT2D eigenvalue weighted by Crippen LogP contribution is 2.26. The van der Waals surface area contributed by atoms with Gasteiger partial charge in [0.05, 0.1) is 5.69 Å². The highest BCUT2D eigenvalue weighted by atomic mass is 32.2. The van der Waals surface area contributed by atoms with Crippen LogP contribution in [0.25, 0.3) is 10.8 Å². The summed E-state index contributed by atoms with van der Waals surface area (Å²) in [5.74, 6) is 0. The van der Waals surface area contributed by atoms with E-state index in [4.69, 9.17) is 16.0 Å². The second-order valence-corrected chi connectivity index (χ2v) is 4.86. The maximum atomic E-state index is 11.0. The molecule has 2 aromatic rings. The molecule has 0 heterocycles. The number of benzene rings is 2. The lowest BCUT2D eigenvalue weighted by Gasteiger charge is -2.05. The van der Waals surface area contributed by atoms with Crippen LogP contribution in [0.5, 0.6) is 0 Å². The van der Waals surface area contributed by atoms with Gasteiger partial charge in [0.25, 0.3) is 10.1 Å². The Hall–Kier alpha value is -1.79. The first kappa shape index (κ1) is 10.7. The van der Waals surface area contributed by atoms with Gasteiger partial charge in [0.1, 0.15) is 4.90 Å². The van der Waals surface area contributed by atoms with Crippen molar-refractivity contribution in [1.29, 1.82) is 0 Å². The Morgan fingerprint density at radius 1 is 1.00 bits per heavy atom. The van der Waals surface area contributed by atoms with Gasteiger partial charge in [0.2, 0.25) is 0 Å². The molecule has 0 atom stereocenters. The molecule has 0 radical (unpaired) electrons. The van der Waals surface area contributed by atoms with Gasteiger partial charge in [0.15, 0.2) is 0 Å². The van der Waals surface area contributed by atoms with Crippen LogP contribution in [0.2, 0.25) is 0 Å². The summed E-state index contributed by atoms with van der Waals surface area (Å²) in [6.07, 6.45) is 0. The average molecular weight is 238 g/mol. The summed E-state index contributed by atoms with van der Waals surface area (Å²) in [4.78, 5) is -0.287. The summed E-state index contributed by atoms with van der Waals surface area (Å²) in [6.45, 7) is 0.